The summed E-state index contributed by atoms with van der Waals surface area (Å²) in [4.78, 5) is 15.1. The number of aromatic nitrogens is 3. The summed E-state index contributed by atoms with van der Waals surface area (Å²) in [5.74, 6) is 1.97. The molecule has 0 spiro atoms. The Hall–Kier alpha value is -1.63. The van der Waals surface area contributed by atoms with Crippen LogP contribution in [0.25, 0.3) is 0 Å². The summed E-state index contributed by atoms with van der Waals surface area (Å²) in [5.41, 5.74) is 5.80. The van der Waals surface area contributed by atoms with Crippen molar-refractivity contribution in [3.8, 4) is 0 Å². The van der Waals surface area contributed by atoms with E-state index in [-0.39, 0.29) is 12.1 Å². The molecular formula is C14H24N6O. The van der Waals surface area contributed by atoms with Crippen molar-refractivity contribution in [2.75, 3.05) is 35.6 Å². The Morgan fingerprint density at radius 2 is 1.95 bits per heavy atom. The Balaban J connectivity index is 1.63. The minimum atomic E-state index is -0.149. The van der Waals surface area contributed by atoms with Crippen LogP contribution in [0, 0.1) is 5.92 Å². The average molecular weight is 292 g/mol. The van der Waals surface area contributed by atoms with E-state index < -0.39 is 0 Å². The Morgan fingerprint density at radius 1 is 1.14 bits per heavy atom. The third-order valence-electron chi connectivity index (χ3n) is 4.34. The quantitative estimate of drug-likeness (QED) is 0.761. The zero-order chi connectivity index (χ0) is 14.7. The molecule has 3 rings (SSSR count). The number of rotatable bonds is 4. The van der Waals surface area contributed by atoms with Gasteiger partial charge in [0.15, 0.2) is 0 Å². The summed E-state index contributed by atoms with van der Waals surface area (Å²) in [7, 11) is 0. The van der Waals surface area contributed by atoms with Crippen molar-refractivity contribution >= 4 is 17.8 Å². The third-order valence-corrected chi connectivity index (χ3v) is 4.34. The van der Waals surface area contributed by atoms with Gasteiger partial charge in [-0.15, -0.1) is 0 Å². The molecule has 1 aromatic rings. The van der Waals surface area contributed by atoms with Gasteiger partial charge in [-0.2, -0.15) is 15.0 Å². The van der Waals surface area contributed by atoms with Gasteiger partial charge in [0.1, 0.15) is 0 Å². The predicted molar refractivity (Wildman–Crippen MR) is 82.1 cm³/mol. The van der Waals surface area contributed by atoms with Crippen LogP contribution in [0.4, 0.5) is 17.8 Å². The van der Waals surface area contributed by atoms with Crippen LogP contribution in [0.2, 0.25) is 0 Å². The van der Waals surface area contributed by atoms with E-state index in [0.717, 1.165) is 38.9 Å². The van der Waals surface area contributed by atoms with Crippen molar-refractivity contribution < 1.29 is 5.11 Å². The maximum atomic E-state index is 9.56. The number of nitrogens with zero attached hydrogens (tertiary/aromatic N) is 4. The van der Waals surface area contributed by atoms with E-state index in [2.05, 4.69) is 25.2 Å². The van der Waals surface area contributed by atoms with E-state index in [1.165, 1.54) is 19.3 Å². The second-order valence-corrected chi connectivity index (χ2v) is 6.08. The number of nitrogen functional groups attached to an aromatic ring is 1. The van der Waals surface area contributed by atoms with Crippen LogP contribution in [-0.4, -0.2) is 45.8 Å². The summed E-state index contributed by atoms with van der Waals surface area (Å²) >= 11 is 0. The number of hydrogen-bond donors (Lipinski definition) is 3. The van der Waals surface area contributed by atoms with Gasteiger partial charge in [0.2, 0.25) is 17.8 Å². The predicted octanol–water partition coefficient (Wildman–Crippen LogP) is 1.02. The van der Waals surface area contributed by atoms with Crippen LogP contribution in [0.5, 0.6) is 0 Å². The largest absolute Gasteiger partial charge is 0.393 e. The highest BCUT2D eigenvalue weighted by molar-refractivity contribution is 5.42. The molecule has 1 aliphatic heterocycles. The van der Waals surface area contributed by atoms with Crippen LogP contribution >= 0.6 is 0 Å². The van der Waals surface area contributed by atoms with Crippen molar-refractivity contribution in [3.63, 3.8) is 0 Å². The zero-order valence-electron chi connectivity index (χ0n) is 12.3. The van der Waals surface area contributed by atoms with E-state index in [9.17, 15) is 5.11 Å². The van der Waals surface area contributed by atoms with Crippen molar-refractivity contribution in [1.82, 2.24) is 15.0 Å². The lowest BCUT2D eigenvalue weighted by Crippen LogP contribution is -2.31. The summed E-state index contributed by atoms with van der Waals surface area (Å²) in [6, 6.07) is 0. The number of aliphatic hydroxyl groups is 1. The highest BCUT2D eigenvalue weighted by Crippen LogP contribution is 2.25. The Kier molecular flexibility index (Phi) is 4.38. The van der Waals surface area contributed by atoms with E-state index >= 15 is 0 Å². The lowest BCUT2D eigenvalue weighted by molar-refractivity contribution is 0.178. The fourth-order valence-electron chi connectivity index (χ4n) is 3.16. The zero-order valence-corrected chi connectivity index (χ0v) is 12.3. The number of nitrogens with two attached hydrogens (primary N) is 1. The van der Waals surface area contributed by atoms with Crippen LogP contribution in [0.3, 0.4) is 0 Å². The van der Waals surface area contributed by atoms with Crippen molar-refractivity contribution in [1.29, 1.82) is 0 Å². The van der Waals surface area contributed by atoms with E-state index in [1.54, 1.807) is 0 Å². The lowest BCUT2D eigenvalue weighted by atomic mass is 10.1. The monoisotopic (exact) mass is 292 g/mol. The molecule has 2 atom stereocenters. The number of nitrogens with one attached hydrogen (secondary N) is 1. The molecule has 0 amide bonds. The molecule has 7 heteroatoms. The van der Waals surface area contributed by atoms with Crippen LogP contribution < -0.4 is 16.0 Å². The Morgan fingerprint density at radius 3 is 2.67 bits per heavy atom. The summed E-state index contributed by atoms with van der Waals surface area (Å²) < 4.78 is 0. The molecule has 1 saturated heterocycles. The molecule has 21 heavy (non-hydrogen) atoms. The van der Waals surface area contributed by atoms with Crippen molar-refractivity contribution in [2.24, 2.45) is 5.92 Å². The van der Waals surface area contributed by atoms with Crippen molar-refractivity contribution in [3.05, 3.63) is 0 Å². The van der Waals surface area contributed by atoms with Crippen LogP contribution in [0.1, 0.15) is 38.5 Å². The molecule has 1 aromatic heterocycles. The lowest BCUT2D eigenvalue weighted by Gasteiger charge is -2.26. The SMILES string of the molecule is Nc1nc(NCC2CCC(O)C2)nc(N2CCCCC2)n1. The highest BCUT2D eigenvalue weighted by Gasteiger charge is 2.23. The summed E-state index contributed by atoms with van der Waals surface area (Å²) in [6.45, 7) is 2.75. The molecule has 2 fully saturated rings. The van der Waals surface area contributed by atoms with Gasteiger partial charge in [0.25, 0.3) is 0 Å². The van der Waals surface area contributed by atoms with Crippen LogP contribution in [0.15, 0.2) is 0 Å². The Bertz CT molecular complexity index is 477. The standard InChI is InChI=1S/C14H24N6O/c15-12-17-13(16-9-10-4-5-11(21)8-10)19-14(18-12)20-6-2-1-3-7-20/h10-11,21H,1-9H2,(H3,15,16,17,18,19). The van der Waals surface area contributed by atoms with Gasteiger partial charge in [-0.1, -0.05) is 0 Å². The first-order valence-corrected chi connectivity index (χ1v) is 7.89. The fraction of sp³-hybridized carbons (Fsp3) is 0.786. The molecule has 2 aliphatic rings. The van der Waals surface area contributed by atoms with E-state index in [4.69, 9.17) is 5.73 Å². The molecule has 0 radical (unpaired) electrons. The summed E-state index contributed by atoms with van der Waals surface area (Å²) in [6.07, 6.45) is 6.27. The van der Waals surface area contributed by atoms with E-state index in [1.807, 2.05) is 0 Å². The smallest absolute Gasteiger partial charge is 0.231 e. The molecule has 1 aliphatic carbocycles. The minimum Gasteiger partial charge on any atom is -0.393 e. The number of anilines is 3. The van der Waals surface area contributed by atoms with E-state index in [0.29, 0.717) is 17.8 Å². The van der Waals surface area contributed by atoms with Crippen molar-refractivity contribution in [2.45, 2.75) is 44.6 Å². The minimum absolute atomic E-state index is 0.149. The van der Waals surface area contributed by atoms with Crippen LogP contribution in [-0.2, 0) is 0 Å². The van der Waals surface area contributed by atoms with Gasteiger partial charge in [-0.25, -0.2) is 0 Å². The summed E-state index contributed by atoms with van der Waals surface area (Å²) in [5, 5.41) is 12.8. The second kappa shape index (κ2) is 6.43. The first-order chi connectivity index (χ1) is 10.2. The number of hydrogen-bond acceptors (Lipinski definition) is 7. The second-order valence-electron chi connectivity index (χ2n) is 6.08. The fourth-order valence-corrected chi connectivity index (χ4v) is 3.16. The average Bonchev–Trinajstić information content (AvgIpc) is 2.91. The van der Waals surface area contributed by atoms with Gasteiger partial charge >= 0.3 is 0 Å². The highest BCUT2D eigenvalue weighted by atomic mass is 16.3. The topological polar surface area (TPSA) is 100 Å². The van der Waals surface area contributed by atoms with Gasteiger partial charge in [0.05, 0.1) is 6.10 Å². The molecule has 116 valence electrons. The van der Waals surface area contributed by atoms with Gasteiger partial charge in [-0.05, 0) is 44.4 Å². The molecule has 7 nitrogen and oxygen atoms in total. The van der Waals surface area contributed by atoms with Gasteiger partial charge in [-0.3, -0.25) is 0 Å². The van der Waals surface area contributed by atoms with Gasteiger partial charge in [0, 0.05) is 19.6 Å². The maximum Gasteiger partial charge on any atom is 0.231 e. The molecule has 2 heterocycles. The maximum absolute atomic E-state index is 9.56. The molecule has 4 N–H and O–H groups in total. The molecular weight excluding hydrogens is 268 g/mol. The molecule has 0 bridgehead atoms. The third kappa shape index (κ3) is 3.72. The Labute approximate surface area is 125 Å². The number of aliphatic hydroxyl groups excluding tert-OH is 1. The first kappa shape index (κ1) is 14.3. The normalized spacial score (nSPS) is 26.0. The molecule has 1 saturated carbocycles. The molecule has 0 aromatic carbocycles. The first-order valence-electron chi connectivity index (χ1n) is 7.89. The molecule has 2 unspecified atom stereocenters. The number of piperidine rings is 1. The van der Waals surface area contributed by atoms with Gasteiger partial charge < -0.3 is 21.1 Å².